The van der Waals surface area contributed by atoms with Gasteiger partial charge >= 0.3 is 0 Å². The second-order valence-electron chi connectivity index (χ2n) is 4.24. The van der Waals surface area contributed by atoms with Crippen molar-refractivity contribution < 1.29 is 0 Å². The smallest absolute Gasteiger partial charge is 0.0489 e. The number of fused-ring (bicyclic) bond motifs is 3. The number of hydrogen-bond acceptors (Lipinski definition) is 0. The summed E-state index contributed by atoms with van der Waals surface area (Å²) < 4.78 is 3.38. The summed E-state index contributed by atoms with van der Waals surface area (Å²) in [5.74, 6) is 0. The number of rotatable bonds is 0. The van der Waals surface area contributed by atoms with Crippen LogP contribution in [-0.4, -0.2) is 4.57 Å². The average Bonchev–Trinajstić information content (AvgIpc) is 2.52. The van der Waals surface area contributed by atoms with Gasteiger partial charge in [0.05, 0.1) is 0 Å². The third kappa shape index (κ3) is 1.30. The van der Waals surface area contributed by atoms with Gasteiger partial charge in [-0.05, 0) is 37.3 Å². The number of halogens is 1. The summed E-state index contributed by atoms with van der Waals surface area (Å²) in [6.45, 7) is 2.14. The van der Waals surface area contributed by atoms with E-state index >= 15 is 0 Å². The van der Waals surface area contributed by atoms with Crippen LogP contribution < -0.4 is 0 Å². The van der Waals surface area contributed by atoms with Crippen LogP contribution in [0.25, 0.3) is 21.8 Å². The molecule has 16 heavy (non-hydrogen) atoms. The van der Waals surface area contributed by atoms with Gasteiger partial charge < -0.3 is 4.57 Å². The van der Waals surface area contributed by atoms with Crippen molar-refractivity contribution in [2.45, 2.75) is 6.92 Å². The Morgan fingerprint density at radius 3 is 2.31 bits per heavy atom. The number of benzene rings is 2. The molecule has 0 N–H and O–H groups in total. The fourth-order valence-electron chi connectivity index (χ4n) is 2.30. The maximum Gasteiger partial charge on any atom is 0.0489 e. The topological polar surface area (TPSA) is 4.93 Å². The SMILES string of the molecule is Cc1ccc2c(c1)c1cc(Br)ccc1n2C. The average molecular weight is 274 g/mol. The summed E-state index contributed by atoms with van der Waals surface area (Å²) in [4.78, 5) is 0. The molecule has 3 rings (SSSR count). The summed E-state index contributed by atoms with van der Waals surface area (Å²) in [6, 6.07) is 13.1. The van der Waals surface area contributed by atoms with Crippen LogP contribution in [0.15, 0.2) is 40.9 Å². The summed E-state index contributed by atoms with van der Waals surface area (Å²) in [5, 5.41) is 2.65. The van der Waals surface area contributed by atoms with Crippen LogP contribution >= 0.6 is 15.9 Å². The Kier molecular flexibility index (Phi) is 2.08. The molecule has 0 spiro atoms. The third-order valence-electron chi connectivity index (χ3n) is 3.12. The normalized spacial score (nSPS) is 11.4. The van der Waals surface area contributed by atoms with Crippen LogP contribution in [0.1, 0.15) is 5.56 Å². The molecule has 0 saturated heterocycles. The van der Waals surface area contributed by atoms with Gasteiger partial charge in [-0.15, -0.1) is 0 Å². The number of hydrogen-bond donors (Lipinski definition) is 0. The van der Waals surface area contributed by atoms with Crippen molar-refractivity contribution in [1.82, 2.24) is 4.57 Å². The molecule has 80 valence electrons. The molecule has 1 nitrogen and oxygen atoms in total. The van der Waals surface area contributed by atoms with Crippen molar-refractivity contribution in [1.29, 1.82) is 0 Å². The van der Waals surface area contributed by atoms with Crippen molar-refractivity contribution in [3.8, 4) is 0 Å². The zero-order chi connectivity index (χ0) is 11.3. The molecular weight excluding hydrogens is 262 g/mol. The first kappa shape index (κ1) is 9.91. The first-order valence-electron chi connectivity index (χ1n) is 5.31. The minimum atomic E-state index is 1.13. The van der Waals surface area contributed by atoms with Crippen molar-refractivity contribution in [2.75, 3.05) is 0 Å². The molecule has 0 unspecified atom stereocenters. The molecule has 1 aromatic heterocycles. The van der Waals surface area contributed by atoms with Gasteiger partial charge in [0.25, 0.3) is 0 Å². The molecule has 0 fully saturated rings. The van der Waals surface area contributed by atoms with E-state index in [0.29, 0.717) is 0 Å². The van der Waals surface area contributed by atoms with E-state index < -0.39 is 0 Å². The van der Waals surface area contributed by atoms with Gasteiger partial charge in [-0.1, -0.05) is 27.6 Å². The van der Waals surface area contributed by atoms with Crippen LogP contribution in [0.5, 0.6) is 0 Å². The van der Waals surface area contributed by atoms with Gasteiger partial charge in [-0.25, -0.2) is 0 Å². The van der Waals surface area contributed by atoms with Crippen LogP contribution in [0.4, 0.5) is 0 Å². The molecule has 0 saturated carbocycles. The highest BCUT2D eigenvalue weighted by atomic mass is 79.9. The van der Waals surface area contributed by atoms with E-state index in [4.69, 9.17) is 0 Å². The van der Waals surface area contributed by atoms with Crippen LogP contribution in [0, 0.1) is 6.92 Å². The molecule has 0 amide bonds. The lowest BCUT2D eigenvalue weighted by Gasteiger charge is -1.97. The molecule has 3 aromatic rings. The number of aryl methyl sites for hydroxylation is 2. The molecule has 2 aromatic carbocycles. The minimum Gasteiger partial charge on any atom is -0.344 e. The summed E-state index contributed by atoms with van der Waals surface area (Å²) in [5.41, 5.74) is 3.88. The van der Waals surface area contributed by atoms with E-state index in [-0.39, 0.29) is 0 Å². The molecular formula is C14H12BrN. The predicted molar refractivity (Wildman–Crippen MR) is 72.9 cm³/mol. The van der Waals surface area contributed by atoms with Crippen LogP contribution in [0.3, 0.4) is 0 Å². The van der Waals surface area contributed by atoms with Crippen molar-refractivity contribution in [3.63, 3.8) is 0 Å². The largest absolute Gasteiger partial charge is 0.344 e. The van der Waals surface area contributed by atoms with Crippen LogP contribution in [-0.2, 0) is 7.05 Å². The lowest BCUT2D eigenvalue weighted by atomic mass is 10.1. The van der Waals surface area contributed by atoms with Crippen molar-refractivity contribution in [2.24, 2.45) is 7.05 Å². The number of aromatic nitrogens is 1. The van der Waals surface area contributed by atoms with E-state index in [2.05, 4.69) is 70.9 Å². The highest BCUT2D eigenvalue weighted by Gasteiger charge is 2.07. The van der Waals surface area contributed by atoms with E-state index in [1.807, 2.05) is 0 Å². The quantitative estimate of drug-likeness (QED) is 0.572. The summed E-state index contributed by atoms with van der Waals surface area (Å²) >= 11 is 3.54. The number of nitrogens with zero attached hydrogens (tertiary/aromatic N) is 1. The monoisotopic (exact) mass is 273 g/mol. The van der Waals surface area contributed by atoms with Crippen LogP contribution in [0.2, 0.25) is 0 Å². The standard InChI is InChI=1S/C14H12BrN/c1-9-3-5-13-11(7-9)12-8-10(15)4-6-14(12)16(13)2/h3-8H,1-2H3. The minimum absolute atomic E-state index is 1.13. The Hall–Kier alpha value is -1.28. The van der Waals surface area contributed by atoms with E-state index in [1.54, 1.807) is 0 Å². The van der Waals surface area contributed by atoms with Gasteiger partial charge in [0.1, 0.15) is 0 Å². The summed E-state index contributed by atoms with van der Waals surface area (Å²) in [7, 11) is 2.12. The van der Waals surface area contributed by atoms with Gasteiger partial charge in [0, 0.05) is 33.3 Å². The molecule has 0 aliphatic carbocycles. The Bertz CT molecular complexity index is 635. The highest BCUT2D eigenvalue weighted by Crippen LogP contribution is 2.30. The zero-order valence-electron chi connectivity index (χ0n) is 9.29. The van der Waals surface area contributed by atoms with E-state index in [1.165, 1.54) is 27.4 Å². The third-order valence-corrected chi connectivity index (χ3v) is 3.62. The Balaban J connectivity index is 2.60. The van der Waals surface area contributed by atoms with Gasteiger partial charge in [-0.3, -0.25) is 0 Å². The van der Waals surface area contributed by atoms with Crippen molar-refractivity contribution >= 4 is 37.7 Å². The molecule has 0 radical (unpaired) electrons. The van der Waals surface area contributed by atoms with E-state index in [9.17, 15) is 0 Å². The van der Waals surface area contributed by atoms with Gasteiger partial charge in [0.2, 0.25) is 0 Å². The Morgan fingerprint density at radius 2 is 1.56 bits per heavy atom. The molecule has 0 bridgehead atoms. The van der Waals surface area contributed by atoms with Gasteiger partial charge in [-0.2, -0.15) is 0 Å². The first-order chi connectivity index (χ1) is 7.66. The highest BCUT2D eigenvalue weighted by molar-refractivity contribution is 9.10. The first-order valence-corrected chi connectivity index (χ1v) is 6.10. The Morgan fingerprint density at radius 1 is 0.938 bits per heavy atom. The molecule has 2 heteroatoms. The second-order valence-corrected chi connectivity index (χ2v) is 5.16. The lowest BCUT2D eigenvalue weighted by Crippen LogP contribution is -1.85. The fraction of sp³-hybridized carbons (Fsp3) is 0.143. The summed E-state index contributed by atoms with van der Waals surface area (Å²) in [6.07, 6.45) is 0. The Labute approximate surface area is 103 Å². The molecule has 0 aliphatic rings. The second kappa shape index (κ2) is 3.36. The lowest BCUT2D eigenvalue weighted by molar-refractivity contribution is 1.01. The predicted octanol–water partition coefficient (Wildman–Crippen LogP) is 4.40. The van der Waals surface area contributed by atoms with Crippen molar-refractivity contribution in [3.05, 3.63) is 46.4 Å². The molecule has 1 heterocycles. The van der Waals surface area contributed by atoms with E-state index in [0.717, 1.165) is 4.47 Å². The van der Waals surface area contributed by atoms with Gasteiger partial charge in [0.15, 0.2) is 0 Å². The fourth-order valence-corrected chi connectivity index (χ4v) is 2.67. The maximum atomic E-state index is 3.54. The maximum absolute atomic E-state index is 3.54. The molecule has 0 aliphatic heterocycles. The zero-order valence-corrected chi connectivity index (χ0v) is 10.9. The molecule has 0 atom stereocenters.